The van der Waals surface area contributed by atoms with Crippen LogP contribution in [0.3, 0.4) is 0 Å². The van der Waals surface area contributed by atoms with E-state index in [1.54, 1.807) is 0 Å². The van der Waals surface area contributed by atoms with Crippen molar-refractivity contribution in [1.82, 2.24) is 0 Å². The maximum absolute atomic E-state index is 4.94. The van der Waals surface area contributed by atoms with Gasteiger partial charge in [-0.3, -0.25) is 0 Å². The van der Waals surface area contributed by atoms with Crippen LogP contribution in [-0.2, 0) is 4.74 Å². The molecule has 0 radical (unpaired) electrons. The summed E-state index contributed by atoms with van der Waals surface area (Å²) in [5.41, 5.74) is 0. The van der Waals surface area contributed by atoms with Gasteiger partial charge in [-0.2, -0.15) is 0 Å². The average Bonchev–Trinajstić information content (AvgIpc) is 2.17. The molecule has 1 aliphatic rings. The van der Waals surface area contributed by atoms with Crippen LogP contribution >= 0.6 is 0 Å². The molecule has 1 fully saturated rings. The van der Waals surface area contributed by atoms with Gasteiger partial charge in [-0.1, -0.05) is 13.2 Å². The van der Waals surface area contributed by atoms with Gasteiger partial charge >= 0.3 is 0 Å². The highest BCUT2D eigenvalue weighted by Crippen LogP contribution is 1.98. The molecular formula is C6H15BO. The standard InChI is InChI=1S/C4H8O.C2H7B/c1-2-4-5-3-1;1-2-3/h1-4H2;2-3H2,1H3. The molecule has 0 spiro atoms. The van der Waals surface area contributed by atoms with Gasteiger partial charge in [-0.05, 0) is 12.8 Å². The molecule has 1 nitrogen and oxygen atoms in total. The maximum Gasteiger partial charge on any atom is 0.101 e. The molecular weight excluding hydrogens is 98.9 g/mol. The predicted octanol–water partition coefficient (Wildman–Crippen LogP) is 0.855. The van der Waals surface area contributed by atoms with Crippen molar-refractivity contribution in [2.75, 3.05) is 13.2 Å². The Balaban J connectivity index is 0.000000145. The Bertz CT molecular complexity index is 27.9. The molecule has 48 valence electrons. The zero-order chi connectivity index (χ0) is 6.24. The Morgan fingerprint density at radius 3 is 1.88 bits per heavy atom. The first-order valence-electron chi connectivity index (χ1n) is 3.49. The van der Waals surface area contributed by atoms with Gasteiger partial charge in [-0.25, -0.2) is 0 Å². The van der Waals surface area contributed by atoms with Crippen molar-refractivity contribution in [3.05, 3.63) is 0 Å². The molecule has 1 aliphatic heterocycles. The second-order valence-corrected chi connectivity index (χ2v) is 2.03. The summed E-state index contributed by atoms with van der Waals surface area (Å²) in [6, 6.07) is 0. The largest absolute Gasteiger partial charge is 0.381 e. The third kappa shape index (κ3) is 6.02. The maximum atomic E-state index is 4.94. The van der Waals surface area contributed by atoms with Crippen LogP contribution in [0.25, 0.3) is 0 Å². The minimum absolute atomic E-state index is 1.00. The van der Waals surface area contributed by atoms with E-state index in [-0.39, 0.29) is 0 Å². The van der Waals surface area contributed by atoms with E-state index in [0.717, 1.165) is 13.2 Å². The van der Waals surface area contributed by atoms with Crippen LogP contribution in [0, 0.1) is 0 Å². The monoisotopic (exact) mass is 114 g/mol. The van der Waals surface area contributed by atoms with Gasteiger partial charge in [-0.15, -0.1) is 0 Å². The molecule has 1 heterocycles. The minimum Gasteiger partial charge on any atom is -0.381 e. The lowest BCUT2D eigenvalue weighted by Crippen LogP contribution is -1.74. The molecule has 0 saturated carbocycles. The SMILES string of the molecule is BCC.C1CCOC1. The molecule has 0 amide bonds. The van der Waals surface area contributed by atoms with Gasteiger partial charge in [0, 0.05) is 13.2 Å². The molecule has 0 aromatic heterocycles. The molecule has 0 aliphatic carbocycles. The van der Waals surface area contributed by atoms with Crippen LogP contribution in [0.15, 0.2) is 0 Å². The minimum atomic E-state index is 1.00. The van der Waals surface area contributed by atoms with Gasteiger partial charge < -0.3 is 4.74 Å². The number of ether oxygens (including phenoxy) is 1. The molecule has 8 heavy (non-hydrogen) atoms. The molecule has 1 rings (SSSR count). The van der Waals surface area contributed by atoms with Gasteiger partial charge in [0.15, 0.2) is 0 Å². The van der Waals surface area contributed by atoms with Crippen molar-refractivity contribution < 1.29 is 4.74 Å². The quantitative estimate of drug-likeness (QED) is 0.424. The van der Waals surface area contributed by atoms with E-state index in [1.807, 2.05) is 0 Å². The second kappa shape index (κ2) is 7.02. The van der Waals surface area contributed by atoms with E-state index in [1.165, 1.54) is 19.2 Å². The van der Waals surface area contributed by atoms with Gasteiger partial charge in [0.25, 0.3) is 0 Å². The predicted molar refractivity (Wildman–Crippen MR) is 39.1 cm³/mol. The Kier molecular flexibility index (Phi) is 7.05. The Labute approximate surface area is 52.8 Å². The molecule has 0 unspecified atom stereocenters. The molecule has 0 N–H and O–H groups in total. The summed E-state index contributed by atoms with van der Waals surface area (Å²) >= 11 is 0. The van der Waals surface area contributed by atoms with E-state index < -0.39 is 0 Å². The molecule has 2 heteroatoms. The first-order chi connectivity index (χ1) is 3.91. The number of rotatable bonds is 0. The lowest BCUT2D eigenvalue weighted by molar-refractivity contribution is 0.198. The van der Waals surface area contributed by atoms with Crippen LogP contribution < -0.4 is 0 Å². The van der Waals surface area contributed by atoms with Crippen molar-refractivity contribution in [1.29, 1.82) is 0 Å². The van der Waals surface area contributed by atoms with Crippen molar-refractivity contribution in [2.45, 2.75) is 26.1 Å². The summed E-state index contributed by atoms with van der Waals surface area (Å²) in [4.78, 5) is 0. The van der Waals surface area contributed by atoms with E-state index >= 15 is 0 Å². The highest BCUT2D eigenvalue weighted by atomic mass is 16.5. The van der Waals surface area contributed by atoms with Crippen molar-refractivity contribution in [2.24, 2.45) is 0 Å². The normalized spacial score (nSPS) is 17.1. The van der Waals surface area contributed by atoms with Crippen LogP contribution in [0.1, 0.15) is 19.8 Å². The summed E-state index contributed by atoms with van der Waals surface area (Å²) in [5.74, 6) is 0. The third-order valence-corrected chi connectivity index (χ3v) is 0.827. The van der Waals surface area contributed by atoms with Gasteiger partial charge in [0.2, 0.25) is 0 Å². The zero-order valence-electron chi connectivity index (χ0n) is 5.94. The fraction of sp³-hybridized carbons (Fsp3) is 1.00. The zero-order valence-corrected chi connectivity index (χ0v) is 5.94. The summed E-state index contributed by atoms with van der Waals surface area (Å²) in [6.07, 6.45) is 3.81. The Hall–Kier alpha value is 0.0249. The Morgan fingerprint density at radius 2 is 1.75 bits per heavy atom. The van der Waals surface area contributed by atoms with Gasteiger partial charge in [0.1, 0.15) is 7.85 Å². The first-order valence-corrected chi connectivity index (χ1v) is 3.49. The summed E-state index contributed by atoms with van der Waals surface area (Å²) in [6.45, 7) is 4.12. The molecule has 0 aromatic carbocycles. The van der Waals surface area contributed by atoms with Crippen molar-refractivity contribution >= 4 is 7.85 Å². The average molecular weight is 114 g/mol. The van der Waals surface area contributed by atoms with Crippen LogP contribution in [0.5, 0.6) is 0 Å². The van der Waals surface area contributed by atoms with Crippen LogP contribution in [-0.4, -0.2) is 21.1 Å². The number of hydrogen-bond acceptors (Lipinski definition) is 1. The Morgan fingerprint density at radius 1 is 1.38 bits per heavy atom. The van der Waals surface area contributed by atoms with Gasteiger partial charge in [0.05, 0.1) is 0 Å². The second-order valence-electron chi connectivity index (χ2n) is 2.03. The van der Waals surface area contributed by atoms with Crippen LogP contribution in [0.2, 0.25) is 6.32 Å². The topological polar surface area (TPSA) is 9.23 Å². The fourth-order valence-electron chi connectivity index (χ4n) is 0.510. The van der Waals surface area contributed by atoms with E-state index in [4.69, 9.17) is 4.74 Å². The van der Waals surface area contributed by atoms with E-state index in [9.17, 15) is 0 Å². The summed E-state index contributed by atoms with van der Waals surface area (Å²) < 4.78 is 4.94. The first kappa shape index (κ1) is 8.02. The fourth-order valence-corrected chi connectivity index (χ4v) is 0.510. The molecule has 1 saturated heterocycles. The van der Waals surface area contributed by atoms with Crippen molar-refractivity contribution in [3.8, 4) is 0 Å². The number of hydrogen-bond donors (Lipinski definition) is 0. The lowest BCUT2D eigenvalue weighted by atomic mass is 10.1. The summed E-state index contributed by atoms with van der Waals surface area (Å²) in [7, 11) is 2.12. The third-order valence-electron chi connectivity index (χ3n) is 0.827. The highest BCUT2D eigenvalue weighted by molar-refractivity contribution is 6.08. The summed E-state index contributed by atoms with van der Waals surface area (Å²) in [5, 5.41) is 0. The molecule has 0 atom stereocenters. The van der Waals surface area contributed by atoms with Crippen molar-refractivity contribution in [3.63, 3.8) is 0 Å². The van der Waals surface area contributed by atoms with Crippen LogP contribution in [0.4, 0.5) is 0 Å². The molecule has 0 aromatic rings. The smallest absolute Gasteiger partial charge is 0.101 e. The van der Waals surface area contributed by atoms with E-state index in [2.05, 4.69) is 14.8 Å². The highest BCUT2D eigenvalue weighted by Gasteiger charge is 1.94. The molecule has 0 bridgehead atoms. The lowest BCUT2D eigenvalue weighted by Gasteiger charge is -1.76. The van der Waals surface area contributed by atoms with E-state index in [0.29, 0.717) is 0 Å².